The Hall–Kier alpha value is -0.580. The molecule has 1 aromatic rings. The van der Waals surface area contributed by atoms with Crippen molar-refractivity contribution in [2.75, 3.05) is 13.2 Å². The standard InChI is InChI=1S/C14H20BrNO2/c1-3-17-10-5-6-11(12(15)9-10)13(16)14(2)7-4-8-18-14/h5-6,9,13H,3-4,7-8,16H2,1-2H3. The number of benzene rings is 1. The topological polar surface area (TPSA) is 44.5 Å². The highest BCUT2D eigenvalue weighted by Crippen LogP contribution is 2.39. The normalized spacial score (nSPS) is 25.1. The van der Waals surface area contributed by atoms with Gasteiger partial charge in [-0.05, 0) is 44.4 Å². The van der Waals surface area contributed by atoms with Gasteiger partial charge in [0.2, 0.25) is 0 Å². The second-order valence-corrected chi connectivity index (χ2v) is 5.71. The highest BCUT2D eigenvalue weighted by molar-refractivity contribution is 9.10. The first-order valence-corrected chi connectivity index (χ1v) is 7.18. The van der Waals surface area contributed by atoms with Crippen LogP contribution >= 0.6 is 15.9 Å². The molecule has 0 spiro atoms. The lowest BCUT2D eigenvalue weighted by atomic mass is 9.88. The van der Waals surface area contributed by atoms with E-state index in [0.717, 1.165) is 35.2 Å². The van der Waals surface area contributed by atoms with Crippen LogP contribution in [-0.2, 0) is 4.74 Å². The summed E-state index contributed by atoms with van der Waals surface area (Å²) in [4.78, 5) is 0. The fourth-order valence-electron chi connectivity index (χ4n) is 2.39. The van der Waals surface area contributed by atoms with Gasteiger partial charge in [0.15, 0.2) is 0 Å². The molecule has 2 N–H and O–H groups in total. The van der Waals surface area contributed by atoms with Crippen LogP contribution in [0.25, 0.3) is 0 Å². The first-order valence-electron chi connectivity index (χ1n) is 6.38. The van der Waals surface area contributed by atoms with Gasteiger partial charge in [0, 0.05) is 11.1 Å². The number of hydrogen-bond acceptors (Lipinski definition) is 3. The molecular formula is C14H20BrNO2. The third-order valence-electron chi connectivity index (χ3n) is 3.53. The van der Waals surface area contributed by atoms with Crippen molar-refractivity contribution in [2.45, 2.75) is 38.3 Å². The predicted molar refractivity (Wildman–Crippen MR) is 75.8 cm³/mol. The molecule has 0 aromatic heterocycles. The fourth-order valence-corrected chi connectivity index (χ4v) is 3.00. The maximum absolute atomic E-state index is 6.36. The number of rotatable bonds is 4. The largest absolute Gasteiger partial charge is 0.494 e. The van der Waals surface area contributed by atoms with Gasteiger partial charge >= 0.3 is 0 Å². The third kappa shape index (κ3) is 2.71. The summed E-state index contributed by atoms with van der Waals surface area (Å²) in [5.74, 6) is 0.859. The van der Waals surface area contributed by atoms with Gasteiger partial charge in [0.05, 0.1) is 18.2 Å². The van der Waals surface area contributed by atoms with Crippen molar-refractivity contribution < 1.29 is 9.47 Å². The van der Waals surface area contributed by atoms with Gasteiger partial charge in [-0.1, -0.05) is 22.0 Å². The van der Waals surface area contributed by atoms with E-state index < -0.39 is 0 Å². The Kier molecular flexibility index (Phi) is 4.30. The van der Waals surface area contributed by atoms with Crippen LogP contribution in [0.3, 0.4) is 0 Å². The van der Waals surface area contributed by atoms with Crippen LogP contribution in [0.15, 0.2) is 22.7 Å². The Morgan fingerprint density at radius 3 is 2.89 bits per heavy atom. The van der Waals surface area contributed by atoms with Crippen LogP contribution in [0.1, 0.15) is 38.3 Å². The molecule has 0 bridgehead atoms. The van der Waals surface area contributed by atoms with Gasteiger partial charge in [0.1, 0.15) is 5.75 Å². The Morgan fingerprint density at radius 2 is 2.33 bits per heavy atom. The van der Waals surface area contributed by atoms with Crippen molar-refractivity contribution in [1.82, 2.24) is 0 Å². The first-order chi connectivity index (χ1) is 8.57. The van der Waals surface area contributed by atoms with E-state index >= 15 is 0 Å². The number of halogens is 1. The molecule has 2 atom stereocenters. The Balaban J connectivity index is 2.22. The second-order valence-electron chi connectivity index (χ2n) is 4.86. The molecular weight excluding hydrogens is 294 g/mol. The summed E-state index contributed by atoms with van der Waals surface area (Å²) in [6, 6.07) is 5.83. The molecule has 0 saturated carbocycles. The molecule has 1 aromatic carbocycles. The quantitative estimate of drug-likeness (QED) is 0.926. The molecule has 1 heterocycles. The van der Waals surface area contributed by atoms with Crippen molar-refractivity contribution >= 4 is 15.9 Å². The highest BCUT2D eigenvalue weighted by Gasteiger charge is 2.37. The molecule has 4 heteroatoms. The van der Waals surface area contributed by atoms with Crippen LogP contribution in [0.5, 0.6) is 5.75 Å². The van der Waals surface area contributed by atoms with Gasteiger partial charge in [-0.25, -0.2) is 0 Å². The van der Waals surface area contributed by atoms with Crippen LogP contribution in [0.4, 0.5) is 0 Å². The van der Waals surface area contributed by atoms with Gasteiger partial charge in [0.25, 0.3) is 0 Å². The van der Waals surface area contributed by atoms with Gasteiger partial charge in [-0.15, -0.1) is 0 Å². The van der Waals surface area contributed by atoms with E-state index in [-0.39, 0.29) is 11.6 Å². The van der Waals surface area contributed by atoms with Crippen molar-refractivity contribution in [3.05, 3.63) is 28.2 Å². The van der Waals surface area contributed by atoms with Crippen molar-refractivity contribution in [1.29, 1.82) is 0 Å². The number of ether oxygens (including phenoxy) is 2. The zero-order chi connectivity index (χ0) is 13.2. The SMILES string of the molecule is CCOc1ccc(C(N)C2(C)CCCO2)c(Br)c1. The van der Waals surface area contributed by atoms with E-state index in [2.05, 4.69) is 22.9 Å². The molecule has 1 aliphatic heterocycles. The van der Waals surface area contributed by atoms with E-state index in [1.165, 1.54) is 0 Å². The van der Waals surface area contributed by atoms with Gasteiger partial charge in [-0.3, -0.25) is 0 Å². The maximum Gasteiger partial charge on any atom is 0.120 e. The summed E-state index contributed by atoms with van der Waals surface area (Å²) in [5, 5.41) is 0. The summed E-state index contributed by atoms with van der Waals surface area (Å²) in [6.07, 6.45) is 2.09. The first kappa shape index (κ1) is 13.8. The molecule has 0 aliphatic carbocycles. The predicted octanol–water partition coefficient (Wildman–Crippen LogP) is 3.42. The minimum absolute atomic E-state index is 0.120. The summed E-state index contributed by atoms with van der Waals surface area (Å²) < 4.78 is 12.3. The zero-order valence-electron chi connectivity index (χ0n) is 10.9. The molecule has 1 fully saturated rings. The van der Waals surface area contributed by atoms with E-state index in [4.69, 9.17) is 15.2 Å². The average Bonchev–Trinajstić information content (AvgIpc) is 2.77. The van der Waals surface area contributed by atoms with Gasteiger partial charge < -0.3 is 15.2 Å². The van der Waals surface area contributed by atoms with Crippen molar-refractivity contribution in [3.8, 4) is 5.75 Å². The van der Waals surface area contributed by atoms with Crippen LogP contribution in [0.2, 0.25) is 0 Å². The molecule has 2 unspecified atom stereocenters. The minimum atomic E-state index is -0.254. The number of nitrogens with two attached hydrogens (primary N) is 1. The van der Waals surface area contributed by atoms with Crippen LogP contribution in [-0.4, -0.2) is 18.8 Å². The Labute approximate surface area is 117 Å². The van der Waals surface area contributed by atoms with E-state index in [1.54, 1.807) is 0 Å². The smallest absolute Gasteiger partial charge is 0.120 e. The van der Waals surface area contributed by atoms with E-state index in [9.17, 15) is 0 Å². The van der Waals surface area contributed by atoms with Gasteiger partial charge in [-0.2, -0.15) is 0 Å². The second kappa shape index (κ2) is 5.59. The lowest BCUT2D eigenvalue weighted by molar-refractivity contribution is -0.00192. The summed E-state index contributed by atoms with van der Waals surface area (Å²) >= 11 is 3.57. The van der Waals surface area contributed by atoms with Crippen LogP contribution in [0, 0.1) is 0 Å². The molecule has 18 heavy (non-hydrogen) atoms. The zero-order valence-corrected chi connectivity index (χ0v) is 12.5. The molecule has 0 amide bonds. The maximum atomic E-state index is 6.36. The monoisotopic (exact) mass is 313 g/mol. The van der Waals surface area contributed by atoms with E-state index in [0.29, 0.717) is 6.61 Å². The van der Waals surface area contributed by atoms with E-state index in [1.807, 2.05) is 25.1 Å². The van der Waals surface area contributed by atoms with Crippen molar-refractivity contribution in [2.24, 2.45) is 5.73 Å². The molecule has 0 radical (unpaired) electrons. The molecule has 1 saturated heterocycles. The Bertz CT molecular complexity index is 416. The molecule has 1 aliphatic rings. The minimum Gasteiger partial charge on any atom is -0.494 e. The lowest BCUT2D eigenvalue weighted by Gasteiger charge is -2.31. The average molecular weight is 314 g/mol. The van der Waals surface area contributed by atoms with Crippen molar-refractivity contribution in [3.63, 3.8) is 0 Å². The Morgan fingerprint density at radius 1 is 1.56 bits per heavy atom. The lowest BCUT2D eigenvalue weighted by Crippen LogP contribution is -2.37. The highest BCUT2D eigenvalue weighted by atomic mass is 79.9. The number of hydrogen-bond donors (Lipinski definition) is 1. The fraction of sp³-hybridized carbons (Fsp3) is 0.571. The third-order valence-corrected chi connectivity index (χ3v) is 4.21. The molecule has 3 nitrogen and oxygen atoms in total. The molecule has 2 rings (SSSR count). The molecule has 100 valence electrons. The van der Waals surface area contributed by atoms with Crippen LogP contribution < -0.4 is 10.5 Å². The summed E-state index contributed by atoms with van der Waals surface area (Å²) in [7, 11) is 0. The summed E-state index contributed by atoms with van der Waals surface area (Å²) in [6.45, 7) is 5.53. The summed E-state index contributed by atoms with van der Waals surface area (Å²) in [5.41, 5.74) is 7.18.